The van der Waals surface area contributed by atoms with E-state index < -0.39 is 12.0 Å². The summed E-state index contributed by atoms with van der Waals surface area (Å²) in [5, 5.41) is 5.77. The predicted octanol–water partition coefficient (Wildman–Crippen LogP) is 9.28. The summed E-state index contributed by atoms with van der Waals surface area (Å²) in [4.78, 5) is 85.7. The number of unbranched alkanes of at least 4 members (excludes halogenated alkanes) is 1. The molecule has 2 N–H and O–H groups in total. The van der Waals surface area contributed by atoms with Crippen LogP contribution in [0, 0.1) is 12.8 Å². The van der Waals surface area contributed by atoms with Crippen molar-refractivity contribution in [1.29, 1.82) is 0 Å². The minimum Gasteiger partial charge on any atom is -0.493 e. The van der Waals surface area contributed by atoms with Crippen LogP contribution < -0.4 is 39.5 Å². The molecule has 0 fully saturated rings. The number of Topliss-reactive ketones (excluding diaryl/α,β-unsaturated/α-hetero) is 2. The van der Waals surface area contributed by atoms with E-state index in [1.807, 2.05) is 103 Å². The summed E-state index contributed by atoms with van der Waals surface area (Å²) in [5.74, 6) is -0.0791. The number of nitrogens with one attached hydrogen (secondary N) is 2. The van der Waals surface area contributed by atoms with Crippen molar-refractivity contribution in [2.45, 2.75) is 123 Å². The molecule has 0 radical (unpaired) electrons. The molecule has 14 nitrogen and oxygen atoms in total. The Morgan fingerprint density at radius 3 is 2.03 bits per heavy atom. The summed E-state index contributed by atoms with van der Waals surface area (Å²) in [6.07, 6.45) is 5.26. The van der Waals surface area contributed by atoms with Crippen LogP contribution >= 0.6 is 0 Å². The Bertz CT molecular complexity index is 2990. The second kappa shape index (κ2) is 21.7. The molecule has 0 spiro atoms. The van der Waals surface area contributed by atoms with Gasteiger partial charge in [0.05, 0.1) is 30.4 Å². The molecule has 4 amide bonds. The van der Waals surface area contributed by atoms with Gasteiger partial charge >= 0.3 is 0 Å². The van der Waals surface area contributed by atoms with Gasteiger partial charge in [-0.05, 0) is 134 Å². The normalized spacial score (nSPS) is 17.2. The van der Waals surface area contributed by atoms with Gasteiger partial charge in [0.2, 0.25) is 11.8 Å². The number of anilines is 4. The fraction of sp³-hybridized carbons (Fsp3) is 0.390. The van der Waals surface area contributed by atoms with Crippen molar-refractivity contribution >= 4 is 57.9 Å². The van der Waals surface area contributed by atoms with Gasteiger partial charge in [0, 0.05) is 79.9 Å². The molecule has 4 aliphatic heterocycles. The standard InChI is InChI=1S/C59H65N5O9/c1-7-46(65)16-10-13-19-56(67)60-37(4)52(66)23-36(3)57(68)61-43-25-38(33-72-53-31-51-48(22-35(53)2)59(70)64-45(32-62(51)5)28-42-15-9-12-18-50(42)64)24-39(26-43)34-73-55-29-40-20-21-44-27-41-14-8-11-17-49(41)63(44)58(69)47(40)30-54(55)71-6/h8-9,11-12,14-15,17-18,22,24-26,29-31,36-37,44-45H,7,10,13,16,19-21,23,27-28,32-34H2,1-6H3,(H,60,67)(H,61,68)/t36-,37+,44-,45+/m1/s1. The number of carbonyl (C=O) groups is 6. The van der Waals surface area contributed by atoms with E-state index in [-0.39, 0.29) is 73.3 Å². The largest absolute Gasteiger partial charge is 0.493 e. The van der Waals surface area contributed by atoms with Gasteiger partial charge in [0.25, 0.3) is 11.8 Å². The van der Waals surface area contributed by atoms with Crippen LogP contribution in [0.3, 0.4) is 0 Å². The summed E-state index contributed by atoms with van der Waals surface area (Å²) in [7, 11) is 3.55. The quantitative estimate of drug-likeness (QED) is 0.0763. The van der Waals surface area contributed by atoms with Gasteiger partial charge in [-0.3, -0.25) is 28.8 Å². The number of methoxy groups -OCH3 is 1. The van der Waals surface area contributed by atoms with Gasteiger partial charge in [-0.15, -0.1) is 0 Å². The first kappa shape index (κ1) is 50.5. The third-order valence-corrected chi connectivity index (χ3v) is 14.8. The molecule has 5 aromatic rings. The SMILES string of the molecule is CCC(=O)CCCCC(=O)N[C@@H](C)C(=O)C[C@@H](C)C(=O)Nc1cc(COc2cc3c(cc2C)C(=O)N2c4ccccc4C[C@H]2CN3C)cc(COc2cc3c(cc2OC)C(=O)N2c4ccccc4C[C@H]2CC3)c1. The van der Waals surface area contributed by atoms with Crippen LogP contribution in [0.4, 0.5) is 22.7 Å². The molecule has 14 heteroatoms. The molecule has 5 aromatic carbocycles. The van der Waals surface area contributed by atoms with E-state index in [0.29, 0.717) is 78.3 Å². The molecule has 4 aliphatic rings. The van der Waals surface area contributed by atoms with E-state index in [2.05, 4.69) is 27.7 Å². The van der Waals surface area contributed by atoms with E-state index >= 15 is 0 Å². The number of aryl methyl sites for hydroxylation is 2. The van der Waals surface area contributed by atoms with Crippen molar-refractivity contribution in [1.82, 2.24) is 5.32 Å². The maximum absolute atomic E-state index is 14.2. The van der Waals surface area contributed by atoms with E-state index in [4.69, 9.17) is 14.2 Å². The van der Waals surface area contributed by atoms with Crippen LogP contribution in [-0.4, -0.2) is 74.0 Å². The number of nitrogens with zero attached hydrogens (tertiary/aromatic N) is 3. The third kappa shape index (κ3) is 10.8. The monoisotopic (exact) mass is 987 g/mol. The molecule has 0 saturated carbocycles. The maximum atomic E-state index is 14.2. The van der Waals surface area contributed by atoms with Crippen LogP contribution in [0.2, 0.25) is 0 Å². The first-order valence-electron chi connectivity index (χ1n) is 25.6. The second-order valence-electron chi connectivity index (χ2n) is 20.1. The van der Waals surface area contributed by atoms with E-state index in [0.717, 1.165) is 53.0 Å². The number of hydrogen-bond donors (Lipinski definition) is 2. The number of fused-ring (bicyclic) bond motifs is 8. The fourth-order valence-electron chi connectivity index (χ4n) is 10.8. The number of ether oxygens (including phenoxy) is 3. The van der Waals surface area contributed by atoms with Crippen molar-refractivity contribution in [3.63, 3.8) is 0 Å². The molecular formula is C59H65N5O9. The fourth-order valence-corrected chi connectivity index (χ4v) is 10.8. The highest BCUT2D eigenvalue weighted by molar-refractivity contribution is 6.12. The van der Waals surface area contributed by atoms with E-state index in [9.17, 15) is 28.8 Å². The first-order chi connectivity index (χ1) is 35.2. The molecule has 73 heavy (non-hydrogen) atoms. The highest BCUT2D eigenvalue weighted by Gasteiger charge is 2.40. The van der Waals surface area contributed by atoms with Crippen LogP contribution in [0.1, 0.15) is 120 Å². The van der Waals surface area contributed by atoms with Crippen LogP contribution in [0.5, 0.6) is 17.2 Å². The van der Waals surface area contributed by atoms with Crippen LogP contribution in [0.15, 0.2) is 91.0 Å². The second-order valence-corrected chi connectivity index (χ2v) is 20.1. The molecule has 0 aromatic heterocycles. The number of ketones is 2. The number of benzene rings is 5. The van der Waals surface area contributed by atoms with Crippen molar-refractivity contribution in [2.24, 2.45) is 5.92 Å². The lowest BCUT2D eigenvalue weighted by Crippen LogP contribution is -2.41. The lowest BCUT2D eigenvalue weighted by molar-refractivity contribution is -0.129. The molecule has 380 valence electrons. The zero-order valence-corrected chi connectivity index (χ0v) is 42.7. The molecule has 0 bridgehead atoms. The Labute approximate surface area is 427 Å². The molecule has 4 atom stereocenters. The Kier molecular flexibility index (Phi) is 15.0. The van der Waals surface area contributed by atoms with Gasteiger partial charge < -0.3 is 39.5 Å². The number of rotatable bonds is 19. The van der Waals surface area contributed by atoms with Gasteiger partial charge in [0.15, 0.2) is 17.3 Å². The topological polar surface area (TPSA) is 164 Å². The van der Waals surface area contributed by atoms with Gasteiger partial charge in [-0.25, -0.2) is 0 Å². The summed E-state index contributed by atoms with van der Waals surface area (Å²) in [6.45, 7) is 7.88. The maximum Gasteiger partial charge on any atom is 0.260 e. The molecule has 9 rings (SSSR count). The first-order valence-corrected chi connectivity index (χ1v) is 25.6. The van der Waals surface area contributed by atoms with Gasteiger partial charge in [-0.2, -0.15) is 0 Å². The third-order valence-electron chi connectivity index (χ3n) is 14.8. The lowest BCUT2D eigenvalue weighted by atomic mass is 9.99. The summed E-state index contributed by atoms with van der Waals surface area (Å²) in [5.41, 5.74) is 9.82. The van der Waals surface area contributed by atoms with Crippen LogP contribution in [0.25, 0.3) is 0 Å². The smallest absolute Gasteiger partial charge is 0.260 e. The number of para-hydroxylation sites is 2. The molecule has 0 unspecified atom stereocenters. The number of likely N-dealkylation sites (N-methyl/N-ethyl adjacent to an activating group) is 1. The number of hydrogen-bond acceptors (Lipinski definition) is 10. The Hall–Kier alpha value is -7.48. The minimum atomic E-state index is -0.788. The number of carbonyl (C=O) groups excluding carboxylic acids is 6. The average molecular weight is 988 g/mol. The van der Waals surface area contributed by atoms with E-state index in [1.165, 1.54) is 11.1 Å². The summed E-state index contributed by atoms with van der Waals surface area (Å²) >= 11 is 0. The summed E-state index contributed by atoms with van der Waals surface area (Å²) in [6, 6.07) is 28.5. The van der Waals surface area contributed by atoms with Crippen molar-refractivity contribution in [2.75, 3.05) is 40.7 Å². The zero-order valence-electron chi connectivity index (χ0n) is 42.7. The van der Waals surface area contributed by atoms with Gasteiger partial charge in [-0.1, -0.05) is 50.2 Å². The Morgan fingerprint density at radius 2 is 1.34 bits per heavy atom. The summed E-state index contributed by atoms with van der Waals surface area (Å²) < 4.78 is 18.9. The molecule has 4 heterocycles. The number of amides is 4. The highest BCUT2D eigenvalue weighted by atomic mass is 16.5. The highest BCUT2D eigenvalue weighted by Crippen LogP contribution is 2.42. The van der Waals surface area contributed by atoms with E-state index in [1.54, 1.807) is 27.0 Å². The Morgan fingerprint density at radius 1 is 0.712 bits per heavy atom. The Balaban J connectivity index is 0.928. The molecule has 0 saturated heterocycles. The lowest BCUT2D eigenvalue weighted by Gasteiger charge is -2.25. The van der Waals surface area contributed by atoms with Crippen molar-refractivity contribution < 1.29 is 43.0 Å². The predicted molar refractivity (Wildman–Crippen MR) is 281 cm³/mol. The minimum absolute atomic E-state index is 0.00426. The molecule has 0 aliphatic carbocycles. The van der Waals surface area contributed by atoms with Gasteiger partial charge in [0.1, 0.15) is 24.7 Å². The average Bonchev–Trinajstić information content (AvgIpc) is 3.88. The van der Waals surface area contributed by atoms with Crippen molar-refractivity contribution in [3.8, 4) is 17.2 Å². The zero-order chi connectivity index (χ0) is 51.5. The van der Waals surface area contributed by atoms with Crippen LogP contribution in [-0.2, 0) is 51.7 Å². The molecular weight excluding hydrogens is 923 g/mol. The van der Waals surface area contributed by atoms with Crippen molar-refractivity contribution in [3.05, 3.63) is 136 Å².